The van der Waals surface area contributed by atoms with Gasteiger partial charge in [-0.1, -0.05) is 6.07 Å². The van der Waals surface area contributed by atoms with Crippen LogP contribution in [0.3, 0.4) is 0 Å². The quantitative estimate of drug-likeness (QED) is 0.842. The fourth-order valence-corrected chi connectivity index (χ4v) is 2.67. The Hall–Kier alpha value is -1.46. The molecule has 2 aromatic rings. The standard InChI is InChI=1S/C13H15N3OS/c1-18-10-4-2-3-9(7-10)16-12-5-6-17-8-11(12)13(14)15-16/h2-4,7H,5-6,8H2,1H3,(H2,14,15). The summed E-state index contributed by atoms with van der Waals surface area (Å²) in [4.78, 5) is 1.22. The maximum absolute atomic E-state index is 5.95. The maximum atomic E-state index is 5.95. The second-order valence-corrected chi connectivity index (χ2v) is 5.11. The van der Waals surface area contributed by atoms with Crippen LogP contribution in [0, 0.1) is 0 Å². The molecule has 0 atom stereocenters. The van der Waals surface area contributed by atoms with Gasteiger partial charge in [0.1, 0.15) is 0 Å². The van der Waals surface area contributed by atoms with Gasteiger partial charge in [-0.15, -0.1) is 11.8 Å². The predicted octanol–water partition coefficient (Wildman–Crippen LogP) is 2.25. The molecule has 3 rings (SSSR count). The molecule has 0 saturated carbocycles. The van der Waals surface area contributed by atoms with E-state index in [0.717, 1.165) is 24.3 Å². The molecular weight excluding hydrogens is 246 g/mol. The fraction of sp³-hybridized carbons (Fsp3) is 0.308. The number of nitrogen functional groups attached to an aromatic ring is 1. The molecular formula is C13H15N3OS. The molecule has 0 fully saturated rings. The van der Waals surface area contributed by atoms with Crippen molar-refractivity contribution in [3.05, 3.63) is 35.5 Å². The van der Waals surface area contributed by atoms with E-state index in [1.165, 1.54) is 10.6 Å². The van der Waals surface area contributed by atoms with Crippen LogP contribution in [0.1, 0.15) is 11.3 Å². The van der Waals surface area contributed by atoms with Crippen molar-refractivity contribution in [2.24, 2.45) is 0 Å². The third kappa shape index (κ3) is 1.89. The van der Waals surface area contributed by atoms with Gasteiger partial charge in [-0.05, 0) is 24.5 Å². The Balaban J connectivity index is 2.11. The molecule has 2 N–H and O–H groups in total. The predicted molar refractivity (Wildman–Crippen MR) is 73.1 cm³/mol. The highest BCUT2D eigenvalue weighted by molar-refractivity contribution is 7.98. The molecule has 1 aromatic carbocycles. The molecule has 1 aromatic heterocycles. The van der Waals surface area contributed by atoms with Crippen LogP contribution in [-0.2, 0) is 17.8 Å². The Labute approximate surface area is 110 Å². The Morgan fingerprint density at radius 2 is 2.33 bits per heavy atom. The van der Waals surface area contributed by atoms with Crippen LogP contribution in [0.15, 0.2) is 29.2 Å². The number of hydrogen-bond acceptors (Lipinski definition) is 4. The highest BCUT2D eigenvalue weighted by Crippen LogP contribution is 2.26. The third-order valence-corrected chi connectivity index (χ3v) is 3.87. The third-order valence-electron chi connectivity index (χ3n) is 3.15. The van der Waals surface area contributed by atoms with Crippen LogP contribution in [-0.4, -0.2) is 22.6 Å². The molecule has 18 heavy (non-hydrogen) atoms. The van der Waals surface area contributed by atoms with Crippen molar-refractivity contribution in [3.8, 4) is 5.69 Å². The van der Waals surface area contributed by atoms with Gasteiger partial charge in [-0.2, -0.15) is 5.10 Å². The van der Waals surface area contributed by atoms with Crippen LogP contribution >= 0.6 is 11.8 Å². The van der Waals surface area contributed by atoms with Crippen LogP contribution in [0.25, 0.3) is 5.69 Å². The topological polar surface area (TPSA) is 53.1 Å². The first-order valence-corrected chi connectivity index (χ1v) is 7.10. The number of ether oxygens (including phenoxy) is 1. The number of rotatable bonds is 2. The summed E-state index contributed by atoms with van der Waals surface area (Å²) in [5.41, 5.74) is 9.23. The van der Waals surface area contributed by atoms with Crippen molar-refractivity contribution in [1.29, 1.82) is 0 Å². The van der Waals surface area contributed by atoms with Crippen LogP contribution < -0.4 is 5.73 Å². The van der Waals surface area contributed by atoms with Gasteiger partial charge in [0, 0.05) is 16.9 Å². The summed E-state index contributed by atoms with van der Waals surface area (Å²) < 4.78 is 7.38. The molecule has 0 amide bonds. The number of thioether (sulfide) groups is 1. The van der Waals surface area contributed by atoms with Gasteiger partial charge in [0.2, 0.25) is 0 Å². The lowest BCUT2D eigenvalue weighted by atomic mass is 10.1. The average Bonchev–Trinajstić information content (AvgIpc) is 2.77. The molecule has 0 spiro atoms. The summed E-state index contributed by atoms with van der Waals surface area (Å²) in [5, 5.41) is 4.44. The molecule has 0 bridgehead atoms. The lowest BCUT2D eigenvalue weighted by molar-refractivity contribution is 0.110. The van der Waals surface area contributed by atoms with Crippen LogP contribution in [0.4, 0.5) is 5.82 Å². The SMILES string of the molecule is CSc1cccc(-n2nc(N)c3c2CCOC3)c1. The van der Waals surface area contributed by atoms with Crippen LogP contribution in [0.5, 0.6) is 0 Å². The number of hydrogen-bond donors (Lipinski definition) is 1. The minimum Gasteiger partial charge on any atom is -0.382 e. The summed E-state index contributed by atoms with van der Waals surface area (Å²) in [6.45, 7) is 1.31. The molecule has 2 heterocycles. The summed E-state index contributed by atoms with van der Waals surface area (Å²) in [6, 6.07) is 8.33. The van der Waals surface area contributed by atoms with Crippen molar-refractivity contribution in [1.82, 2.24) is 9.78 Å². The fourth-order valence-electron chi connectivity index (χ4n) is 2.22. The smallest absolute Gasteiger partial charge is 0.151 e. The van der Waals surface area contributed by atoms with Gasteiger partial charge < -0.3 is 10.5 Å². The van der Waals surface area contributed by atoms with Crippen molar-refractivity contribution in [2.75, 3.05) is 18.6 Å². The summed E-state index contributed by atoms with van der Waals surface area (Å²) in [6.07, 6.45) is 2.93. The Morgan fingerprint density at radius 1 is 1.44 bits per heavy atom. The number of fused-ring (bicyclic) bond motifs is 1. The van der Waals surface area contributed by atoms with E-state index in [1.54, 1.807) is 11.8 Å². The lowest BCUT2D eigenvalue weighted by Gasteiger charge is -2.14. The van der Waals surface area contributed by atoms with E-state index in [1.807, 2.05) is 10.7 Å². The molecule has 0 aliphatic carbocycles. The number of nitrogens with two attached hydrogens (primary N) is 1. The minimum absolute atomic E-state index is 0.573. The maximum Gasteiger partial charge on any atom is 0.151 e. The minimum atomic E-state index is 0.573. The van der Waals surface area contributed by atoms with E-state index in [-0.39, 0.29) is 0 Å². The highest BCUT2D eigenvalue weighted by atomic mass is 32.2. The zero-order chi connectivity index (χ0) is 12.5. The number of nitrogens with zero attached hydrogens (tertiary/aromatic N) is 2. The van der Waals surface area contributed by atoms with E-state index >= 15 is 0 Å². The summed E-state index contributed by atoms with van der Waals surface area (Å²) >= 11 is 1.72. The van der Waals surface area contributed by atoms with Crippen molar-refractivity contribution >= 4 is 17.6 Å². The Bertz CT molecular complexity index is 580. The van der Waals surface area contributed by atoms with Crippen molar-refractivity contribution in [3.63, 3.8) is 0 Å². The zero-order valence-corrected chi connectivity index (χ0v) is 11.0. The zero-order valence-electron chi connectivity index (χ0n) is 10.2. The molecule has 1 aliphatic rings. The van der Waals surface area contributed by atoms with Crippen molar-refractivity contribution < 1.29 is 4.74 Å². The highest BCUT2D eigenvalue weighted by Gasteiger charge is 2.20. The molecule has 4 nitrogen and oxygen atoms in total. The molecule has 94 valence electrons. The molecule has 5 heteroatoms. The first-order chi connectivity index (χ1) is 8.79. The van der Waals surface area contributed by atoms with Gasteiger partial charge in [0.15, 0.2) is 5.82 Å². The second kappa shape index (κ2) is 4.66. The van der Waals surface area contributed by atoms with E-state index in [9.17, 15) is 0 Å². The van der Waals surface area contributed by atoms with E-state index in [4.69, 9.17) is 10.5 Å². The normalized spacial score (nSPS) is 14.5. The first-order valence-electron chi connectivity index (χ1n) is 5.88. The molecule has 0 radical (unpaired) electrons. The second-order valence-electron chi connectivity index (χ2n) is 4.23. The Morgan fingerprint density at radius 3 is 3.17 bits per heavy atom. The average molecular weight is 261 g/mol. The Kier molecular flexibility index (Phi) is 3.01. The lowest BCUT2D eigenvalue weighted by Crippen LogP contribution is -2.13. The van der Waals surface area contributed by atoms with Gasteiger partial charge in [-0.3, -0.25) is 0 Å². The molecule has 0 saturated heterocycles. The van der Waals surface area contributed by atoms with Gasteiger partial charge in [-0.25, -0.2) is 4.68 Å². The number of anilines is 1. The van der Waals surface area contributed by atoms with Gasteiger partial charge in [0.25, 0.3) is 0 Å². The van der Waals surface area contributed by atoms with Crippen molar-refractivity contribution in [2.45, 2.75) is 17.9 Å². The largest absolute Gasteiger partial charge is 0.382 e. The number of benzene rings is 1. The van der Waals surface area contributed by atoms with Gasteiger partial charge >= 0.3 is 0 Å². The monoisotopic (exact) mass is 261 g/mol. The van der Waals surface area contributed by atoms with Gasteiger partial charge in [0.05, 0.1) is 24.6 Å². The molecule has 0 unspecified atom stereocenters. The summed E-state index contributed by atoms with van der Waals surface area (Å²) in [7, 11) is 0. The van der Waals surface area contributed by atoms with E-state index in [2.05, 4.69) is 29.6 Å². The van der Waals surface area contributed by atoms with E-state index in [0.29, 0.717) is 12.4 Å². The van der Waals surface area contributed by atoms with Crippen LogP contribution in [0.2, 0.25) is 0 Å². The summed E-state index contributed by atoms with van der Waals surface area (Å²) in [5.74, 6) is 0.583. The first kappa shape index (κ1) is 11.6. The molecule has 1 aliphatic heterocycles. The van der Waals surface area contributed by atoms with E-state index < -0.39 is 0 Å². The number of aromatic nitrogens is 2.